The van der Waals surface area contributed by atoms with Crippen LogP contribution in [-0.4, -0.2) is 44.4 Å². The standard InChI is InChI=1S/C22H18F4N4O4/c1-29-9-12(8-27-29)10-4-13(20(23)24)17-14(5-10)28-30(2)19(17)11-6-15(33-3)18(21(31)32)16(7-11)34-22(25)26/h4-9,20,22H,1-3H3,(H,31,32). The molecule has 2 aromatic carbocycles. The highest BCUT2D eigenvalue weighted by atomic mass is 19.3. The lowest BCUT2D eigenvalue weighted by Gasteiger charge is -2.15. The van der Waals surface area contributed by atoms with E-state index in [1.165, 1.54) is 34.7 Å². The summed E-state index contributed by atoms with van der Waals surface area (Å²) in [5.74, 6) is -2.50. The van der Waals surface area contributed by atoms with Crippen molar-refractivity contribution in [1.29, 1.82) is 0 Å². The van der Waals surface area contributed by atoms with Gasteiger partial charge in [0.05, 0.1) is 24.5 Å². The second kappa shape index (κ2) is 8.69. The number of hydrogen-bond donors (Lipinski definition) is 1. The first kappa shape index (κ1) is 23.1. The molecule has 34 heavy (non-hydrogen) atoms. The van der Waals surface area contributed by atoms with Crippen LogP contribution in [0.25, 0.3) is 33.3 Å². The minimum Gasteiger partial charge on any atom is -0.496 e. The van der Waals surface area contributed by atoms with E-state index in [-0.39, 0.29) is 33.5 Å². The summed E-state index contributed by atoms with van der Waals surface area (Å²) < 4.78 is 66.7. The number of benzene rings is 2. The second-order valence-electron chi connectivity index (χ2n) is 7.37. The van der Waals surface area contributed by atoms with Gasteiger partial charge in [0, 0.05) is 42.4 Å². The van der Waals surface area contributed by atoms with Gasteiger partial charge in [-0.25, -0.2) is 13.6 Å². The molecule has 0 unspecified atom stereocenters. The van der Waals surface area contributed by atoms with Crippen LogP contribution in [0.2, 0.25) is 0 Å². The van der Waals surface area contributed by atoms with Crippen LogP contribution in [0.3, 0.4) is 0 Å². The van der Waals surface area contributed by atoms with Crippen LogP contribution < -0.4 is 9.47 Å². The summed E-state index contributed by atoms with van der Waals surface area (Å²) in [5.41, 5.74) is 0.616. The number of aromatic carboxylic acids is 1. The fourth-order valence-corrected chi connectivity index (χ4v) is 3.89. The van der Waals surface area contributed by atoms with Gasteiger partial charge in [0.15, 0.2) is 0 Å². The van der Waals surface area contributed by atoms with Crippen molar-refractivity contribution in [3.05, 3.63) is 47.8 Å². The Morgan fingerprint density at radius 1 is 1.03 bits per heavy atom. The third kappa shape index (κ3) is 4.02. The van der Waals surface area contributed by atoms with E-state index in [1.807, 2.05) is 0 Å². The van der Waals surface area contributed by atoms with E-state index in [2.05, 4.69) is 14.9 Å². The van der Waals surface area contributed by atoms with Gasteiger partial charge >= 0.3 is 12.6 Å². The summed E-state index contributed by atoms with van der Waals surface area (Å²) in [5, 5.41) is 17.9. The predicted molar refractivity (Wildman–Crippen MR) is 113 cm³/mol. The van der Waals surface area contributed by atoms with E-state index in [0.717, 1.165) is 13.2 Å². The van der Waals surface area contributed by atoms with Crippen molar-refractivity contribution >= 4 is 16.9 Å². The van der Waals surface area contributed by atoms with Crippen LogP contribution in [0, 0.1) is 0 Å². The van der Waals surface area contributed by atoms with Crippen LogP contribution in [0.5, 0.6) is 11.5 Å². The second-order valence-corrected chi connectivity index (χ2v) is 7.37. The van der Waals surface area contributed by atoms with E-state index in [1.54, 1.807) is 19.3 Å². The van der Waals surface area contributed by atoms with Crippen molar-refractivity contribution in [2.45, 2.75) is 13.0 Å². The van der Waals surface area contributed by atoms with Crippen molar-refractivity contribution in [2.75, 3.05) is 7.11 Å². The summed E-state index contributed by atoms with van der Waals surface area (Å²) >= 11 is 0. The quantitative estimate of drug-likeness (QED) is 0.381. The molecule has 178 valence electrons. The van der Waals surface area contributed by atoms with Gasteiger partial charge in [-0.05, 0) is 29.8 Å². The Hall–Kier alpha value is -4.09. The fourth-order valence-electron chi connectivity index (χ4n) is 3.89. The number of carboxylic acid groups (broad SMARTS) is 1. The average Bonchev–Trinajstić information content (AvgIpc) is 3.33. The van der Waals surface area contributed by atoms with Crippen LogP contribution in [0.4, 0.5) is 17.6 Å². The zero-order chi connectivity index (χ0) is 24.7. The Morgan fingerprint density at radius 3 is 2.29 bits per heavy atom. The third-order valence-corrected chi connectivity index (χ3v) is 5.23. The van der Waals surface area contributed by atoms with Crippen molar-refractivity contribution < 1.29 is 36.9 Å². The maximum atomic E-state index is 14.2. The number of methoxy groups -OCH3 is 1. The molecule has 0 saturated carbocycles. The molecule has 0 radical (unpaired) electrons. The summed E-state index contributed by atoms with van der Waals surface area (Å²) in [6, 6.07) is 5.22. The number of carbonyl (C=O) groups is 1. The molecule has 0 aliphatic rings. The summed E-state index contributed by atoms with van der Waals surface area (Å²) in [6.45, 7) is -3.32. The van der Waals surface area contributed by atoms with Gasteiger partial charge in [0.25, 0.3) is 6.43 Å². The van der Waals surface area contributed by atoms with E-state index in [9.17, 15) is 27.5 Å². The van der Waals surface area contributed by atoms with E-state index in [0.29, 0.717) is 11.1 Å². The molecule has 8 nitrogen and oxygen atoms in total. The largest absolute Gasteiger partial charge is 0.496 e. The zero-order valence-corrected chi connectivity index (χ0v) is 18.1. The first-order valence-corrected chi connectivity index (χ1v) is 9.79. The molecule has 0 aliphatic heterocycles. The number of aryl methyl sites for hydroxylation is 2. The highest BCUT2D eigenvalue weighted by Gasteiger charge is 2.26. The average molecular weight is 478 g/mol. The molecule has 0 saturated heterocycles. The Bertz CT molecular complexity index is 1400. The number of nitrogens with zero attached hydrogens (tertiary/aromatic N) is 4. The molecule has 2 heterocycles. The molecule has 0 aliphatic carbocycles. The predicted octanol–water partition coefficient (Wildman–Crippen LogP) is 4.89. The summed E-state index contributed by atoms with van der Waals surface area (Å²) in [7, 11) is 4.35. The number of halogens is 4. The third-order valence-electron chi connectivity index (χ3n) is 5.23. The number of ether oxygens (including phenoxy) is 2. The van der Waals surface area contributed by atoms with Crippen LogP contribution in [-0.2, 0) is 14.1 Å². The van der Waals surface area contributed by atoms with Crippen molar-refractivity contribution in [2.24, 2.45) is 14.1 Å². The van der Waals surface area contributed by atoms with E-state index >= 15 is 0 Å². The molecule has 4 aromatic rings. The molecule has 0 atom stereocenters. The zero-order valence-electron chi connectivity index (χ0n) is 18.1. The Labute approximate surface area is 189 Å². The number of fused-ring (bicyclic) bond motifs is 1. The molecule has 2 aromatic heterocycles. The molecule has 12 heteroatoms. The lowest BCUT2D eigenvalue weighted by atomic mass is 9.97. The molecule has 4 rings (SSSR count). The van der Waals surface area contributed by atoms with Gasteiger partial charge in [-0.1, -0.05) is 0 Å². The highest BCUT2D eigenvalue weighted by molar-refractivity contribution is 6.01. The smallest absolute Gasteiger partial charge is 0.387 e. The van der Waals surface area contributed by atoms with Gasteiger partial charge < -0.3 is 14.6 Å². The Kier molecular flexibility index (Phi) is 5.90. The number of hydrogen-bond acceptors (Lipinski definition) is 5. The minimum absolute atomic E-state index is 0.0817. The topological polar surface area (TPSA) is 91.4 Å². The number of rotatable bonds is 7. The van der Waals surface area contributed by atoms with Gasteiger partial charge in [-0.2, -0.15) is 19.0 Å². The Balaban J connectivity index is 2.01. The fraction of sp³-hybridized carbons (Fsp3) is 0.227. The first-order valence-electron chi connectivity index (χ1n) is 9.79. The molecule has 1 N–H and O–H groups in total. The molecule has 0 amide bonds. The number of carboxylic acids is 1. The maximum absolute atomic E-state index is 14.2. The highest BCUT2D eigenvalue weighted by Crippen LogP contribution is 2.42. The van der Waals surface area contributed by atoms with Crippen LogP contribution in [0.1, 0.15) is 22.3 Å². The lowest BCUT2D eigenvalue weighted by Crippen LogP contribution is -2.10. The van der Waals surface area contributed by atoms with Gasteiger partial charge in [-0.15, -0.1) is 0 Å². The Morgan fingerprint density at radius 2 is 1.74 bits per heavy atom. The van der Waals surface area contributed by atoms with Crippen LogP contribution >= 0.6 is 0 Å². The molecular formula is C22H18F4N4O4. The van der Waals surface area contributed by atoms with Crippen molar-refractivity contribution in [1.82, 2.24) is 19.6 Å². The van der Waals surface area contributed by atoms with E-state index < -0.39 is 30.3 Å². The molecule has 0 spiro atoms. The normalized spacial score (nSPS) is 11.6. The number of alkyl halides is 4. The van der Waals surface area contributed by atoms with E-state index in [4.69, 9.17) is 4.74 Å². The van der Waals surface area contributed by atoms with Crippen molar-refractivity contribution in [3.63, 3.8) is 0 Å². The minimum atomic E-state index is -3.32. The van der Waals surface area contributed by atoms with Gasteiger partial charge in [0.2, 0.25) is 0 Å². The van der Waals surface area contributed by atoms with Gasteiger partial charge in [-0.3, -0.25) is 9.36 Å². The lowest BCUT2D eigenvalue weighted by molar-refractivity contribution is -0.0504. The first-order chi connectivity index (χ1) is 16.1. The summed E-state index contributed by atoms with van der Waals surface area (Å²) in [4.78, 5) is 11.6. The van der Waals surface area contributed by atoms with Crippen molar-refractivity contribution in [3.8, 4) is 33.9 Å². The summed E-state index contributed by atoms with van der Waals surface area (Å²) in [6.07, 6.45) is 0.312. The SMILES string of the molecule is COc1cc(-c2c3c(C(F)F)cc(-c4cnn(C)c4)cc3nn2C)cc(OC(F)F)c1C(=O)O. The maximum Gasteiger partial charge on any atom is 0.387 e. The molecule has 0 fully saturated rings. The number of aromatic nitrogens is 4. The monoisotopic (exact) mass is 478 g/mol. The molecular weight excluding hydrogens is 460 g/mol. The van der Waals surface area contributed by atoms with Crippen LogP contribution in [0.15, 0.2) is 36.7 Å². The van der Waals surface area contributed by atoms with Gasteiger partial charge in [0.1, 0.15) is 17.1 Å². The molecule has 0 bridgehead atoms.